The fourth-order valence-electron chi connectivity index (χ4n) is 4.56. The van der Waals surface area contributed by atoms with Crippen LogP contribution in [0.5, 0.6) is 0 Å². The summed E-state index contributed by atoms with van der Waals surface area (Å²) >= 11 is 0. The molecule has 4 heteroatoms. The molecule has 2 N–H and O–H groups in total. The number of hydrogen-bond donors (Lipinski definition) is 2. The van der Waals surface area contributed by atoms with E-state index in [9.17, 15) is 4.79 Å². The Morgan fingerprint density at radius 3 is 2.54 bits per heavy atom. The maximum Gasteiger partial charge on any atom is 0.220 e. The molecule has 1 amide bonds. The van der Waals surface area contributed by atoms with Crippen LogP contribution in [0.15, 0.2) is 54.6 Å². The van der Waals surface area contributed by atoms with E-state index in [0.717, 1.165) is 25.8 Å². The highest BCUT2D eigenvalue weighted by Gasteiger charge is 2.46. The van der Waals surface area contributed by atoms with Crippen molar-refractivity contribution in [2.24, 2.45) is 0 Å². The number of amides is 1. The number of rotatable bonds is 5. The Bertz CT molecular complexity index is 826. The van der Waals surface area contributed by atoms with Crippen LogP contribution in [0.25, 0.3) is 0 Å². The Morgan fingerprint density at radius 1 is 1.07 bits per heavy atom. The number of benzene rings is 2. The highest BCUT2D eigenvalue weighted by atomic mass is 16.5. The zero-order chi connectivity index (χ0) is 19.6. The summed E-state index contributed by atoms with van der Waals surface area (Å²) in [5.41, 5.74) is 3.40. The molecule has 28 heavy (non-hydrogen) atoms. The molecule has 3 atom stereocenters. The van der Waals surface area contributed by atoms with Gasteiger partial charge in [-0.3, -0.25) is 4.79 Å². The SMILES string of the molecule is Cc1cccc([C@@H](C)OC[C@@]2(c3ccccc3)CC[C@]3(CCC(=O)N3)CN2)c1. The van der Waals surface area contributed by atoms with Crippen molar-refractivity contribution in [1.29, 1.82) is 0 Å². The van der Waals surface area contributed by atoms with Crippen molar-refractivity contribution >= 4 is 5.91 Å². The van der Waals surface area contributed by atoms with Gasteiger partial charge in [-0.1, -0.05) is 60.2 Å². The Morgan fingerprint density at radius 2 is 1.89 bits per heavy atom. The minimum Gasteiger partial charge on any atom is -0.372 e. The molecule has 2 aliphatic rings. The first-order valence-electron chi connectivity index (χ1n) is 10.3. The number of hydrogen-bond acceptors (Lipinski definition) is 3. The first kappa shape index (κ1) is 19.2. The van der Waals surface area contributed by atoms with Crippen LogP contribution in [-0.2, 0) is 15.1 Å². The molecule has 0 unspecified atom stereocenters. The molecule has 2 aromatic carbocycles. The van der Waals surface area contributed by atoms with Crippen molar-refractivity contribution in [2.45, 2.75) is 56.7 Å². The van der Waals surface area contributed by atoms with Crippen LogP contribution in [0.2, 0.25) is 0 Å². The molecule has 148 valence electrons. The fraction of sp³-hybridized carbons (Fsp3) is 0.458. The summed E-state index contributed by atoms with van der Waals surface area (Å²) in [6.45, 7) is 5.63. The van der Waals surface area contributed by atoms with E-state index in [-0.39, 0.29) is 23.1 Å². The van der Waals surface area contributed by atoms with E-state index in [1.54, 1.807) is 0 Å². The zero-order valence-electron chi connectivity index (χ0n) is 16.8. The van der Waals surface area contributed by atoms with Crippen molar-refractivity contribution in [3.63, 3.8) is 0 Å². The van der Waals surface area contributed by atoms with Crippen molar-refractivity contribution < 1.29 is 9.53 Å². The van der Waals surface area contributed by atoms with Crippen LogP contribution in [-0.4, -0.2) is 24.6 Å². The fourth-order valence-corrected chi connectivity index (χ4v) is 4.56. The molecule has 0 bridgehead atoms. The average molecular weight is 379 g/mol. The Hall–Kier alpha value is -2.17. The number of carbonyl (C=O) groups excluding carboxylic acids is 1. The van der Waals surface area contributed by atoms with Crippen molar-refractivity contribution in [3.8, 4) is 0 Å². The van der Waals surface area contributed by atoms with E-state index in [1.807, 2.05) is 0 Å². The molecule has 0 radical (unpaired) electrons. The van der Waals surface area contributed by atoms with Gasteiger partial charge in [0.25, 0.3) is 0 Å². The van der Waals surface area contributed by atoms with Crippen molar-refractivity contribution in [1.82, 2.24) is 10.6 Å². The third-order valence-corrected chi connectivity index (χ3v) is 6.45. The molecule has 2 fully saturated rings. The van der Waals surface area contributed by atoms with Crippen LogP contribution >= 0.6 is 0 Å². The Kier molecular flexibility index (Phi) is 5.26. The molecule has 2 saturated heterocycles. The number of ether oxygens (including phenoxy) is 1. The predicted octanol–water partition coefficient (Wildman–Crippen LogP) is 4.00. The second-order valence-corrected chi connectivity index (χ2v) is 8.50. The van der Waals surface area contributed by atoms with Gasteiger partial charge in [-0.05, 0) is 44.2 Å². The average Bonchev–Trinajstić information content (AvgIpc) is 3.09. The molecule has 0 aliphatic carbocycles. The van der Waals surface area contributed by atoms with Crippen molar-refractivity contribution in [3.05, 3.63) is 71.3 Å². The summed E-state index contributed by atoms with van der Waals surface area (Å²) < 4.78 is 6.40. The summed E-state index contributed by atoms with van der Waals surface area (Å²) in [7, 11) is 0. The van der Waals surface area contributed by atoms with Gasteiger partial charge >= 0.3 is 0 Å². The molecular weight excluding hydrogens is 348 g/mol. The first-order chi connectivity index (χ1) is 13.5. The van der Waals surface area contributed by atoms with Crippen LogP contribution in [0.1, 0.15) is 55.4 Å². The highest BCUT2D eigenvalue weighted by molar-refractivity contribution is 5.79. The quantitative estimate of drug-likeness (QED) is 0.827. The molecule has 0 saturated carbocycles. The van der Waals surface area contributed by atoms with Gasteiger partial charge in [-0.2, -0.15) is 0 Å². The second kappa shape index (κ2) is 7.69. The minimum atomic E-state index is -0.224. The largest absolute Gasteiger partial charge is 0.372 e. The third-order valence-electron chi connectivity index (χ3n) is 6.45. The van der Waals surface area contributed by atoms with Gasteiger partial charge in [0.05, 0.1) is 23.8 Å². The molecule has 1 spiro atoms. The molecule has 2 aromatic rings. The summed E-state index contributed by atoms with van der Waals surface area (Å²) in [5, 5.41) is 6.99. The van der Waals surface area contributed by atoms with Crippen molar-refractivity contribution in [2.75, 3.05) is 13.2 Å². The molecule has 4 nitrogen and oxygen atoms in total. The zero-order valence-corrected chi connectivity index (χ0v) is 16.8. The van der Waals surface area contributed by atoms with Crippen LogP contribution in [0, 0.1) is 6.92 Å². The molecule has 2 aliphatic heterocycles. The lowest BCUT2D eigenvalue weighted by Gasteiger charge is -2.46. The first-order valence-corrected chi connectivity index (χ1v) is 10.3. The standard InChI is InChI=1S/C24H30N2O2/c1-18-7-6-8-20(15-18)19(2)28-17-24(21-9-4-3-5-10-21)14-13-23(16-25-24)12-11-22(27)26-23/h3-10,15,19,25H,11-14,16-17H2,1-2H3,(H,26,27)/t19-,23-,24-/m1/s1. The number of piperidine rings is 1. The molecule has 4 rings (SSSR count). The van der Waals surface area contributed by atoms with E-state index in [4.69, 9.17) is 4.74 Å². The van der Waals surface area contributed by atoms with Crippen LogP contribution in [0.3, 0.4) is 0 Å². The number of aryl methyl sites for hydroxylation is 1. The second-order valence-electron chi connectivity index (χ2n) is 8.50. The molecule has 2 heterocycles. The summed E-state index contributed by atoms with van der Waals surface area (Å²) in [4.78, 5) is 11.8. The summed E-state index contributed by atoms with van der Waals surface area (Å²) in [5.74, 6) is 0.179. The lowest BCUT2D eigenvalue weighted by Crippen LogP contribution is -2.61. The Balaban J connectivity index is 1.51. The Labute approximate surface area is 167 Å². The lowest BCUT2D eigenvalue weighted by atomic mass is 9.76. The monoisotopic (exact) mass is 378 g/mol. The minimum absolute atomic E-state index is 0.0318. The number of carbonyl (C=O) groups is 1. The van der Waals surface area contributed by atoms with Gasteiger partial charge in [0.1, 0.15) is 0 Å². The maximum absolute atomic E-state index is 11.8. The number of nitrogens with one attached hydrogen (secondary N) is 2. The van der Waals surface area contributed by atoms with E-state index in [0.29, 0.717) is 13.0 Å². The van der Waals surface area contributed by atoms with E-state index >= 15 is 0 Å². The highest BCUT2D eigenvalue weighted by Crippen LogP contribution is 2.38. The van der Waals surface area contributed by atoms with E-state index < -0.39 is 0 Å². The summed E-state index contributed by atoms with van der Waals surface area (Å²) in [6.07, 6.45) is 3.51. The normalized spacial score (nSPS) is 28.3. The van der Waals surface area contributed by atoms with Gasteiger partial charge in [0, 0.05) is 13.0 Å². The van der Waals surface area contributed by atoms with Gasteiger partial charge in [0.15, 0.2) is 0 Å². The smallest absolute Gasteiger partial charge is 0.220 e. The predicted molar refractivity (Wildman–Crippen MR) is 111 cm³/mol. The topological polar surface area (TPSA) is 50.4 Å². The lowest BCUT2D eigenvalue weighted by molar-refractivity contribution is -0.120. The van der Waals surface area contributed by atoms with Gasteiger partial charge in [0.2, 0.25) is 5.91 Å². The van der Waals surface area contributed by atoms with Gasteiger partial charge < -0.3 is 15.4 Å². The van der Waals surface area contributed by atoms with E-state index in [2.05, 4.69) is 79.1 Å². The van der Waals surface area contributed by atoms with Gasteiger partial charge in [-0.15, -0.1) is 0 Å². The van der Waals surface area contributed by atoms with E-state index in [1.165, 1.54) is 16.7 Å². The van der Waals surface area contributed by atoms with Gasteiger partial charge in [-0.25, -0.2) is 0 Å². The summed E-state index contributed by atoms with van der Waals surface area (Å²) in [6, 6.07) is 19.1. The van der Waals surface area contributed by atoms with Crippen LogP contribution in [0.4, 0.5) is 0 Å². The third kappa shape index (κ3) is 3.85. The molecular formula is C24H30N2O2. The maximum atomic E-state index is 11.8. The molecule has 0 aromatic heterocycles. The van der Waals surface area contributed by atoms with Crippen LogP contribution < -0.4 is 10.6 Å².